The van der Waals surface area contributed by atoms with Gasteiger partial charge < -0.3 is 5.11 Å². The fourth-order valence-corrected chi connectivity index (χ4v) is 8.87. The third-order valence-corrected chi connectivity index (χ3v) is 9.86. The van der Waals surface area contributed by atoms with Gasteiger partial charge in [-0.25, -0.2) is 0 Å². The predicted molar refractivity (Wildman–Crippen MR) is 106 cm³/mol. The third kappa shape index (κ3) is 2.65. The van der Waals surface area contributed by atoms with E-state index < -0.39 is 5.60 Å². The van der Waals surface area contributed by atoms with Crippen LogP contribution in [0.3, 0.4) is 0 Å². The van der Waals surface area contributed by atoms with Crippen LogP contribution in [0, 0.1) is 40.4 Å². The molecule has 4 saturated carbocycles. The van der Waals surface area contributed by atoms with Crippen molar-refractivity contribution in [2.75, 3.05) is 0 Å². The van der Waals surface area contributed by atoms with Crippen molar-refractivity contribution < 1.29 is 9.90 Å². The summed E-state index contributed by atoms with van der Waals surface area (Å²) in [5.41, 5.74) is 0.313. The second-order valence-electron chi connectivity index (χ2n) is 11.1. The Morgan fingerprint density at radius 3 is 2.46 bits per heavy atom. The van der Waals surface area contributed by atoms with E-state index in [1.807, 2.05) is 6.92 Å². The van der Waals surface area contributed by atoms with E-state index in [4.69, 9.17) is 0 Å². The Balaban J connectivity index is 1.65. The van der Waals surface area contributed by atoms with Gasteiger partial charge >= 0.3 is 0 Å². The molecule has 0 radical (unpaired) electrons. The second kappa shape index (κ2) is 6.33. The summed E-state index contributed by atoms with van der Waals surface area (Å²) in [6.07, 6.45) is 13.6. The van der Waals surface area contributed by atoms with Crippen molar-refractivity contribution in [3.8, 4) is 0 Å². The normalized spacial score (nSPS) is 53.5. The summed E-state index contributed by atoms with van der Waals surface area (Å²) in [5.74, 6) is 3.94. The van der Waals surface area contributed by atoms with E-state index in [-0.39, 0.29) is 5.41 Å². The molecule has 8 atom stereocenters. The predicted octanol–water partition coefficient (Wildman–Crippen LogP) is 5.77. The molecular weight excluding hydrogens is 320 g/mol. The SMILES string of the molecule is CCC[C@]12CC[C@@](C)(O)C[C@@H]1CC[C@H]1[C@@H]3CC[C@H](C(C)=O)[C@@]3(C)CC[C@@H]12. The van der Waals surface area contributed by atoms with Crippen molar-refractivity contribution in [3.05, 3.63) is 0 Å². The highest BCUT2D eigenvalue weighted by Gasteiger charge is 2.62. The lowest BCUT2D eigenvalue weighted by Gasteiger charge is -2.63. The van der Waals surface area contributed by atoms with Gasteiger partial charge in [-0.2, -0.15) is 0 Å². The van der Waals surface area contributed by atoms with Crippen LogP contribution in [-0.2, 0) is 4.79 Å². The van der Waals surface area contributed by atoms with Gasteiger partial charge in [-0.05, 0) is 113 Å². The Bertz CT molecular complexity index is 567. The van der Waals surface area contributed by atoms with Gasteiger partial charge in [0, 0.05) is 5.92 Å². The maximum absolute atomic E-state index is 12.3. The van der Waals surface area contributed by atoms with E-state index in [2.05, 4.69) is 20.8 Å². The first kappa shape index (κ1) is 19.0. The highest BCUT2D eigenvalue weighted by Crippen LogP contribution is 2.69. The minimum atomic E-state index is -0.439. The first-order chi connectivity index (χ1) is 12.2. The molecule has 2 heteroatoms. The molecule has 0 unspecified atom stereocenters. The van der Waals surface area contributed by atoms with Gasteiger partial charge in [0.05, 0.1) is 5.60 Å². The quantitative estimate of drug-likeness (QED) is 0.694. The van der Waals surface area contributed by atoms with Crippen LogP contribution in [0.25, 0.3) is 0 Å². The van der Waals surface area contributed by atoms with Crippen LogP contribution in [0.2, 0.25) is 0 Å². The van der Waals surface area contributed by atoms with Crippen molar-refractivity contribution in [3.63, 3.8) is 0 Å². The first-order valence-electron chi connectivity index (χ1n) is 11.5. The molecule has 4 rings (SSSR count). The summed E-state index contributed by atoms with van der Waals surface area (Å²) < 4.78 is 0. The van der Waals surface area contributed by atoms with Gasteiger partial charge in [-0.1, -0.05) is 20.3 Å². The van der Waals surface area contributed by atoms with Crippen LogP contribution in [-0.4, -0.2) is 16.5 Å². The molecule has 0 aromatic carbocycles. The number of carbonyl (C=O) groups is 1. The van der Waals surface area contributed by atoms with E-state index in [9.17, 15) is 9.90 Å². The van der Waals surface area contributed by atoms with Crippen LogP contribution >= 0.6 is 0 Å². The van der Waals surface area contributed by atoms with Gasteiger partial charge in [-0.15, -0.1) is 0 Å². The maximum Gasteiger partial charge on any atom is 0.133 e. The molecule has 148 valence electrons. The number of aliphatic hydroxyl groups is 1. The minimum absolute atomic E-state index is 0.271. The van der Waals surface area contributed by atoms with Gasteiger partial charge in [0.2, 0.25) is 0 Å². The molecule has 0 aromatic rings. The maximum atomic E-state index is 12.3. The lowest BCUT2D eigenvalue weighted by molar-refractivity contribution is -0.159. The molecule has 26 heavy (non-hydrogen) atoms. The molecule has 4 aliphatic rings. The van der Waals surface area contributed by atoms with Crippen LogP contribution in [0.1, 0.15) is 98.3 Å². The van der Waals surface area contributed by atoms with E-state index in [1.54, 1.807) is 0 Å². The van der Waals surface area contributed by atoms with Gasteiger partial charge in [0.1, 0.15) is 5.78 Å². The summed E-state index contributed by atoms with van der Waals surface area (Å²) in [5, 5.41) is 10.7. The summed E-state index contributed by atoms with van der Waals surface area (Å²) in [4.78, 5) is 12.3. The third-order valence-electron chi connectivity index (χ3n) is 9.86. The minimum Gasteiger partial charge on any atom is -0.390 e. The average molecular weight is 361 g/mol. The zero-order chi connectivity index (χ0) is 18.7. The molecule has 0 amide bonds. The van der Waals surface area contributed by atoms with E-state index in [0.29, 0.717) is 17.1 Å². The zero-order valence-corrected chi connectivity index (χ0v) is 17.5. The molecule has 1 N–H and O–H groups in total. The number of rotatable bonds is 3. The van der Waals surface area contributed by atoms with Crippen molar-refractivity contribution >= 4 is 5.78 Å². The standard InChI is InChI=1S/C24H40O2/c1-5-11-24-14-13-22(3,26)15-17(24)6-7-18-20-9-8-19(16(2)25)23(20,4)12-10-21(18)24/h17-21,26H,5-15H2,1-4H3/t17-,18-,19+,20-,21-,22+,23+,24-/m0/s1. The van der Waals surface area contributed by atoms with E-state index >= 15 is 0 Å². The smallest absolute Gasteiger partial charge is 0.133 e. The van der Waals surface area contributed by atoms with Crippen molar-refractivity contribution in [1.29, 1.82) is 0 Å². The summed E-state index contributed by atoms with van der Waals surface area (Å²) >= 11 is 0. The number of ketones is 1. The molecule has 4 aliphatic carbocycles. The Labute approximate surface area is 160 Å². The second-order valence-corrected chi connectivity index (χ2v) is 11.1. The first-order valence-corrected chi connectivity index (χ1v) is 11.5. The molecular formula is C24H40O2. The van der Waals surface area contributed by atoms with Crippen LogP contribution < -0.4 is 0 Å². The number of hydrogen-bond acceptors (Lipinski definition) is 2. The zero-order valence-electron chi connectivity index (χ0n) is 17.5. The number of hydrogen-bond donors (Lipinski definition) is 1. The van der Waals surface area contributed by atoms with E-state index in [0.717, 1.165) is 42.9 Å². The Hall–Kier alpha value is -0.370. The molecule has 0 spiro atoms. The molecule has 0 aromatic heterocycles. The summed E-state index contributed by atoms with van der Waals surface area (Å²) in [7, 11) is 0. The Morgan fingerprint density at radius 2 is 1.77 bits per heavy atom. The number of fused-ring (bicyclic) bond motifs is 5. The number of Topliss-reactive ketones (excluding diaryl/α,β-unsaturated/α-hetero) is 1. The van der Waals surface area contributed by atoms with Crippen molar-refractivity contribution in [2.24, 2.45) is 40.4 Å². The lowest BCUT2D eigenvalue weighted by atomic mass is 9.42. The van der Waals surface area contributed by atoms with Gasteiger partial charge in [0.15, 0.2) is 0 Å². The lowest BCUT2D eigenvalue weighted by Crippen LogP contribution is -2.56. The molecule has 0 saturated heterocycles. The molecule has 0 heterocycles. The molecule has 0 aliphatic heterocycles. The monoisotopic (exact) mass is 360 g/mol. The fourth-order valence-electron chi connectivity index (χ4n) is 8.87. The van der Waals surface area contributed by atoms with Crippen LogP contribution in [0.4, 0.5) is 0 Å². The van der Waals surface area contributed by atoms with Gasteiger partial charge in [0.25, 0.3) is 0 Å². The topological polar surface area (TPSA) is 37.3 Å². The number of carbonyl (C=O) groups excluding carboxylic acids is 1. The van der Waals surface area contributed by atoms with Crippen molar-refractivity contribution in [1.82, 2.24) is 0 Å². The van der Waals surface area contributed by atoms with Crippen molar-refractivity contribution in [2.45, 2.75) is 104 Å². The van der Waals surface area contributed by atoms with Gasteiger partial charge in [-0.3, -0.25) is 4.79 Å². The highest BCUT2D eigenvalue weighted by atomic mass is 16.3. The van der Waals surface area contributed by atoms with Crippen LogP contribution in [0.5, 0.6) is 0 Å². The molecule has 4 fully saturated rings. The summed E-state index contributed by atoms with van der Waals surface area (Å²) in [6.45, 7) is 8.72. The molecule has 0 bridgehead atoms. The molecule has 2 nitrogen and oxygen atoms in total. The largest absolute Gasteiger partial charge is 0.390 e. The van der Waals surface area contributed by atoms with E-state index in [1.165, 1.54) is 51.4 Å². The fraction of sp³-hybridized carbons (Fsp3) is 0.958. The Kier molecular flexibility index (Phi) is 4.61. The average Bonchev–Trinajstić information content (AvgIpc) is 2.92. The van der Waals surface area contributed by atoms with Crippen LogP contribution in [0.15, 0.2) is 0 Å². The summed E-state index contributed by atoms with van der Waals surface area (Å²) in [6, 6.07) is 0. The highest BCUT2D eigenvalue weighted by molar-refractivity contribution is 5.79. The Morgan fingerprint density at radius 1 is 1.00 bits per heavy atom.